The molecule has 176 valence electrons. The van der Waals surface area contributed by atoms with E-state index >= 15 is 0 Å². The van der Waals surface area contributed by atoms with Crippen LogP contribution in [-0.4, -0.2) is 84.1 Å². The van der Waals surface area contributed by atoms with Gasteiger partial charge < -0.3 is 19.5 Å². The van der Waals surface area contributed by atoms with Crippen LogP contribution in [0.4, 0.5) is 5.82 Å². The number of nitrogens with one attached hydrogen (secondary N) is 1. The second kappa shape index (κ2) is 11.2. The molecule has 10 nitrogen and oxygen atoms in total. The molecule has 0 saturated carbocycles. The normalized spacial score (nSPS) is 14.5. The number of hydrogen-bond donors (Lipinski definition) is 1. The van der Waals surface area contributed by atoms with Gasteiger partial charge in [0.05, 0.1) is 32.4 Å². The van der Waals surface area contributed by atoms with Crippen molar-refractivity contribution in [3.8, 4) is 17.0 Å². The standard InChI is InChI=1S/C23H30N6O4/c1-3-32-13-10-29-19-14-18(17-4-5-20(31-2)25-15-17)16-26-21(19)27-22(23(29)30)24-6-7-28-8-11-33-12-9-28/h4-5,14-16H,3,6-13H2,1-2H3,(H,24,26,27). The first-order valence-electron chi connectivity index (χ1n) is 11.2. The number of pyridine rings is 2. The van der Waals surface area contributed by atoms with Crippen LogP contribution >= 0.6 is 0 Å². The average molecular weight is 455 g/mol. The van der Waals surface area contributed by atoms with Crippen LogP contribution in [-0.2, 0) is 16.0 Å². The molecule has 3 aromatic heterocycles. The van der Waals surface area contributed by atoms with Crippen molar-refractivity contribution in [3.63, 3.8) is 0 Å². The van der Waals surface area contributed by atoms with E-state index in [4.69, 9.17) is 14.2 Å². The maximum Gasteiger partial charge on any atom is 0.293 e. The molecule has 0 bridgehead atoms. The van der Waals surface area contributed by atoms with Crippen LogP contribution in [0.25, 0.3) is 22.3 Å². The van der Waals surface area contributed by atoms with Crippen LogP contribution in [0.15, 0.2) is 35.4 Å². The minimum absolute atomic E-state index is 0.184. The highest BCUT2D eigenvalue weighted by atomic mass is 16.5. The van der Waals surface area contributed by atoms with Crippen LogP contribution in [0.5, 0.6) is 5.88 Å². The van der Waals surface area contributed by atoms with Gasteiger partial charge >= 0.3 is 0 Å². The first-order chi connectivity index (χ1) is 16.2. The third kappa shape index (κ3) is 5.65. The lowest BCUT2D eigenvalue weighted by Gasteiger charge is -2.26. The van der Waals surface area contributed by atoms with E-state index in [1.807, 2.05) is 19.1 Å². The average Bonchev–Trinajstić information content (AvgIpc) is 2.86. The molecule has 33 heavy (non-hydrogen) atoms. The summed E-state index contributed by atoms with van der Waals surface area (Å²) in [4.78, 5) is 28.9. The van der Waals surface area contributed by atoms with Crippen molar-refractivity contribution in [2.45, 2.75) is 13.5 Å². The predicted octanol–water partition coefficient (Wildman–Crippen LogP) is 1.64. The Morgan fingerprint density at radius 1 is 1.12 bits per heavy atom. The van der Waals surface area contributed by atoms with Gasteiger partial charge in [-0.1, -0.05) is 0 Å². The van der Waals surface area contributed by atoms with Gasteiger partial charge in [0, 0.05) is 68.9 Å². The van der Waals surface area contributed by atoms with Crippen molar-refractivity contribution in [2.24, 2.45) is 0 Å². The fourth-order valence-corrected chi connectivity index (χ4v) is 3.75. The summed E-state index contributed by atoms with van der Waals surface area (Å²) in [6.45, 7) is 8.08. The highest BCUT2D eigenvalue weighted by Crippen LogP contribution is 2.23. The van der Waals surface area contributed by atoms with Gasteiger partial charge in [-0.15, -0.1) is 0 Å². The van der Waals surface area contributed by atoms with Crippen molar-refractivity contribution in [2.75, 3.05) is 65.0 Å². The van der Waals surface area contributed by atoms with Gasteiger partial charge in [0.15, 0.2) is 11.5 Å². The maximum absolute atomic E-state index is 13.3. The summed E-state index contributed by atoms with van der Waals surface area (Å²) in [5.41, 5.74) is 2.70. The second-order valence-corrected chi connectivity index (χ2v) is 7.65. The van der Waals surface area contributed by atoms with Gasteiger partial charge in [0.25, 0.3) is 5.56 Å². The van der Waals surface area contributed by atoms with E-state index in [2.05, 4.69) is 25.2 Å². The lowest BCUT2D eigenvalue weighted by atomic mass is 10.1. The zero-order valence-corrected chi connectivity index (χ0v) is 19.1. The smallest absolute Gasteiger partial charge is 0.293 e. The molecule has 0 amide bonds. The van der Waals surface area contributed by atoms with Gasteiger partial charge in [-0.25, -0.2) is 15.0 Å². The van der Waals surface area contributed by atoms with E-state index in [1.165, 1.54) is 0 Å². The zero-order valence-electron chi connectivity index (χ0n) is 19.1. The Balaban J connectivity index is 1.62. The molecular formula is C23H30N6O4. The number of nitrogens with zero attached hydrogens (tertiary/aromatic N) is 5. The van der Waals surface area contributed by atoms with E-state index in [0.29, 0.717) is 49.2 Å². The van der Waals surface area contributed by atoms with Crippen molar-refractivity contribution < 1.29 is 14.2 Å². The molecule has 3 aromatic rings. The van der Waals surface area contributed by atoms with Crippen molar-refractivity contribution in [1.82, 2.24) is 24.4 Å². The summed E-state index contributed by atoms with van der Waals surface area (Å²) in [5.74, 6) is 0.842. The number of methoxy groups -OCH3 is 1. The first-order valence-corrected chi connectivity index (χ1v) is 11.2. The Labute approximate surface area is 192 Å². The number of rotatable bonds is 10. The van der Waals surface area contributed by atoms with Crippen molar-refractivity contribution >= 4 is 17.0 Å². The van der Waals surface area contributed by atoms with Gasteiger partial charge in [0.1, 0.15) is 0 Å². The predicted molar refractivity (Wildman–Crippen MR) is 126 cm³/mol. The largest absolute Gasteiger partial charge is 0.481 e. The highest BCUT2D eigenvalue weighted by molar-refractivity contribution is 5.78. The molecule has 0 atom stereocenters. The summed E-state index contributed by atoms with van der Waals surface area (Å²) in [6, 6.07) is 5.62. The van der Waals surface area contributed by atoms with Gasteiger partial charge in [-0.05, 0) is 19.1 Å². The molecule has 0 unspecified atom stereocenters. The number of fused-ring (bicyclic) bond motifs is 1. The quantitative estimate of drug-likeness (QED) is 0.458. The van der Waals surface area contributed by atoms with E-state index in [0.717, 1.165) is 44.0 Å². The molecule has 1 N–H and O–H groups in total. The van der Waals surface area contributed by atoms with E-state index in [-0.39, 0.29) is 5.56 Å². The van der Waals surface area contributed by atoms with Gasteiger partial charge in [-0.2, -0.15) is 0 Å². The number of anilines is 1. The monoisotopic (exact) mass is 454 g/mol. The molecule has 0 aliphatic carbocycles. The molecule has 10 heteroatoms. The SMILES string of the molecule is CCOCCn1c(=O)c(NCCN2CCOCC2)nc2ncc(-c3ccc(OC)nc3)cc21. The molecule has 4 rings (SSSR count). The Hall–Kier alpha value is -3.08. The Morgan fingerprint density at radius 3 is 2.67 bits per heavy atom. The third-order valence-corrected chi connectivity index (χ3v) is 5.57. The minimum Gasteiger partial charge on any atom is -0.481 e. The summed E-state index contributed by atoms with van der Waals surface area (Å²) in [5, 5.41) is 3.21. The lowest BCUT2D eigenvalue weighted by Crippen LogP contribution is -2.39. The molecule has 0 aromatic carbocycles. The molecule has 0 radical (unpaired) electrons. The van der Waals surface area contributed by atoms with Gasteiger partial charge in [-0.3, -0.25) is 14.3 Å². The van der Waals surface area contributed by atoms with E-state index in [1.54, 1.807) is 30.1 Å². The van der Waals surface area contributed by atoms with Crippen LogP contribution in [0.1, 0.15) is 6.92 Å². The fraction of sp³-hybridized carbons (Fsp3) is 0.478. The van der Waals surface area contributed by atoms with E-state index in [9.17, 15) is 4.79 Å². The summed E-state index contributed by atoms with van der Waals surface area (Å²) in [6.07, 6.45) is 3.47. The van der Waals surface area contributed by atoms with Crippen LogP contribution in [0.2, 0.25) is 0 Å². The summed E-state index contributed by atoms with van der Waals surface area (Å²) in [7, 11) is 1.58. The maximum atomic E-state index is 13.3. The van der Waals surface area contributed by atoms with Crippen LogP contribution < -0.4 is 15.6 Å². The number of hydrogen-bond acceptors (Lipinski definition) is 9. The second-order valence-electron chi connectivity index (χ2n) is 7.65. The minimum atomic E-state index is -0.184. The number of morpholine rings is 1. The summed E-state index contributed by atoms with van der Waals surface area (Å²) >= 11 is 0. The number of aromatic nitrogens is 4. The fourth-order valence-electron chi connectivity index (χ4n) is 3.75. The number of ether oxygens (including phenoxy) is 3. The van der Waals surface area contributed by atoms with E-state index < -0.39 is 0 Å². The van der Waals surface area contributed by atoms with Crippen LogP contribution in [0, 0.1) is 0 Å². The van der Waals surface area contributed by atoms with Gasteiger partial charge in [0.2, 0.25) is 5.88 Å². The lowest BCUT2D eigenvalue weighted by molar-refractivity contribution is 0.0398. The topological polar surface area (TPSA) is 104 Å². The molecular weight excluding hydrogens is 424 g/mol. The van der Waals surface area contributed by atoms with Crippen molar-refractivity contribution in [1.29, 1.82) is 0 Å². The zero-order chi connectivity index (χ0) is 23.0. The molecule has 1 saturated heterocycles. The highest BCUT2D eigenvalue weighted by Gasteiger charge is 2.15. The Bertz CT molecular complexity index is 1110. The van der Waals surface area contributed by atoms with Crippen LogP contribution in [0.3, 0.4) is 0 Å². The molecule has 1 aliphatic heterocycles. The molecule has 0 spiro atoms. The van der Waals surface area contributed by atoms with Crippen molar-refractivity contribution in [3.05, 3.63) is 40.9 Å². The Morgan fingerprint density at radius 2 is 1.94 bits per heavy atom. The molecule has 1 aliphatic rings. The third-order valence-electron chi connectivity index (χ3n) is 5.57. The molecule has 1 fully saturated rings. The Kier molecular flexibility index (Phi) is 7.82. The summed E-state index contributed by atoms with van der Waals surface area (Å²) < 4.78 is 17.7. The first kappa shape index (κ1) is 23.1. The molecule has 4 heterocycles.